The smallest absolute Gasteiger partial charge is 0.343 e. The summed E-state index contributed by atoms with van der Waals surface area (Å²) in [6.45, 7) is 44.0. The average molecular weight is 2000 g/mol. The summed E-state index contributed by atoms with van der Waals surface area (Å²) in [4.78, 5) is 186. The lowest BCUT2D eigenvalue weighted by molar-refractivity contribution is -0.288. The molecule has 53 atom stereocenters. The molecule has 20 rings (SSSR count). The number of fused-ring (bicyclic) bond motifs is 27. The van der Waals surface area contributed by atoms with Gasteiger partial charge in [0, 0.05) is 177 Å². The van der Waals surface area contributed by atoms with Gasteiger partial charge in [-0.15, -0.1) is 11.6 Å². The molecule has 141 heavy (non-hydrogen) atoms. The molecule has 0 bridgehead atoms. The van der Waals surface area contributed by atoms with E-state index in [1.165, 1.54) is 76.2 Å². The molecule has 20 aliphatic rings. The van der Waals surface area contributed by atoms with Crippen LogP contribution in [0, 0.1) is 173 Å². The Balaban J connectivity index is 0.000000145. The van der Waals surface area contributed by atoms with Gasteiger partial charge in [0.1, 0.15) is 108 Å². The molecule has 0 aromatic carbocycles. The standard InChI is InChI=1S/C35H46O12.C34H47ClO11.C34H44O13.CH4/c1-12-10-13(2)34(8)23-20(12)33(7)21(27(23)47-31(41)35(34,9)42)19-22(28(43-14(3)36)30(33)45-16(5)38)32(6)17(24(39)25(19)40)11-18-26(46-18)29(32)44-15(4)37;1-12-10-18-31(7,33(9,42)29(41)46-18)23-20(12)30(6)22(25(23)44-15(4)36)19-21(14(3)28(30)45-16(5)37)32(8)26(39)13(2)17(35)11-34(32,43)27(40)24(19)38;1-12-9-19-32(7,33(8,41)29(40)47-19)23-21(12)30(5)18(43-13(2)35)10-16-20(22(30)26(23)44-14(3)36)24(38)27(39)34(42)11-17-25(46-17)28(31(16,34)6)45-15(4)37;/h12,17-23,25-30,40,42H,2,10-11H2,1,3-9H3;10,12-14,17,19-26,28,38-39,42-43H,11H2,1-9H3;9,12,16-18,20-26,28,38,41-42H,10-11H2,1-8H3;1H4/t12-,17-,18+,19+,20+,21-,22-,23+,25-,26+,27-,28+,29+,30+,32+,33-,34+,35-;12-,13+,14+,17-,19-,20+,21+,22-,23+,24-,25-,26+,28+,30-,31+,32+,33-,34+;12-,16+,17+,18+,20-,21+,22-,23+,24-,25+,26-,28+,30-,31+,32+,33-,34+;/m111./s1. The number of ether oxygens (including phenoxy) is 13. The molecule has 37 heteroatoms. The summed E-state index contributed by atoms with van der Waals surface area (Å²) < 4.78 is 78.3. The van der Waals surface area contributed by atoms with Crippen molar-refractivity contribution < 1.29 is 175 Å². The van der Waals surface area contributed by atoms with Gasteiger partial charge in [-0.1, -0.05) is 103 Å². The van der Waals surface area contributed by atoms with Gasteiger partial charge in [-0.2, -0.15) is 0 Å². The molecule has 5 saturated heterocycles. The van der Waals surface area contributed by atoms with Crippen molar-refractivity contribution in [1.29, 1.82) is 0 Å². The molecule has 0 spiro atoms. The van der Waals surface area contributed by atoms with Gasteiger partial charge < -0.3 is 108 Å². The van der Waals surface area contributed by atoms with E-state index in [0.717, 1.165) is 0 Å². The van der Waals surface area contributed by atoms with Crippen LogP contribution in [-0.4, -0.2) is 266 Å². The molecule has 5 heterocycles. The van der Waals surface area contributed by atoms with Gasteiger partial charge in [0.2, 0.25) is 0 Å². The molecule has 9 N–H and O–H groups in total. The van der Waals surface area contributed by atoms with Gasteiger partial charge >= 0.3 is 65.7 Å². The molecular weight excluding hydrogens is 1860 g/mol. The van der Waals surface area contributed by atoms with Crippen LogP contribution in [-0.2, 0) is 129 Å². The SMILES string of the molecule is C.C=C1C[C@@H](C)[C@H]2[C@H]3[C@H](OC(=O)[C@@](C)(O)[C@@]13C)[C@H]1[C@H]3[C@H]([C@H](OC(C)=O)[C@H](OC(C)=O)[C@]21C)[C@]1(C)[C@H](C[C@@H]2O[C@@H]2[C@@H]1OC(C)=O)C(=O)[C@@H]3O.CC(=O)O[C@@H]1[C@H]2[C@@H]3[C@@H](O)C(=O)[C@@]4(O)C[C@@H]5O[C@@H]5[C@H](OC(C)=O)[C@]4(C)[C@H]3C[C@H](OC(C)=O)[C@]2(C)[C@@H]2[C@@H]1[C@]1(C)C(=C[C@H]2C)OC(=O)[C@@]1(C)O.CC(=O)O[C@@H]1[C@H]2[C@H]3[C@H]([C@H](C)[C@H](OC(C)=O)[C@]2(C)[C@@H]2[C@@H]1[C@]1(C)C(=C[C@H]2C)OC(=O)[C@@]1(C)O)[C@@]1(C)[C@@H](O)[C@@H](C)[C@H](Cl)C[C@]1(O)C(=O)[C@@H]3O. The number of carbonyl (C=O) groups excluding carboxylic acids is 14. The Morgan fingerprint density at radius 3 is 1.32 bits per heavy atom. The van der Waals surface area contributed by atoms with Crippen molar-refractivity contribution in [2.75, 3.05) is 0 Å². The Morgan fingerprint density at radius 2 is 0.816 bits per heavy atom. The van der Waals surface area contributed by atoms with Crippen molar-refractivity contribution in [3.63, 3.8) is 0 Å². The Bertz CT molecular complexity index is 5460. The number of aliphatic hydroxyl groups is 9. The van der Waals surface area contributed by atoms with E-state index in [2.05, 4.69) is 6.58 Å². The van der Waals surface area contributed by atoms with Crippen LogP contribution in [0.2, 0.25) is 0 Å². The van der Waals surface area contributed by atoms with Crippen LogP contribution in [0.15, 0.2) is 35.8 Å². The number of hydrogen-bond acceptors (Lipinski definition) is 36. The number of halogens is 1. The minimum atomic E-state index is -2.21. The monoisotopic (exact) mass is 2000 g/mol. The van der Waals surface area contributed by atoms with Crippen molar-refractivity contribution in [3.8, 4) is 0 Å². The van der Waals surface area contributed by atoms with Crippen LogP contribution in [0.3, 0.4) is 0 Å². The van der Waals surface area contributed by atoms with E-state index in [-0.39, 0.29) is 68.5 Å². The first-order valence-electron chi connectivity index (χ1n) is 49.6. The number of ketones is 3. The normalized spacial score (nSPS) is 55.4. The third kappa shape index (κ3) is 12.9. The van der Waals surface area contributed by atoms with Crippen molar-refractivity contribution in [1.82, 2.24) is 0 Å². The molecule has 0 aromatic rings. The Hall–Kier alpha value is -7.75. The van der Waals surface area contributed by atoms with Gasteiger partial charge in [0.25, 0.3) is 0 Å². The van der Waals surface area contributed by atoms with Crippen molar-refractivity contribution in [2.24, 2.45) is 173 Å². The summed E-state index contributed by atoms with van der Waals surface area (Å²) in [5.41, 5.74) is -21.3. The molecule has 36 nitrogen and oxygen atoms in total. The van der Waals surface area contributed by atoms with Crippen molar-refractivity contribution >= 4 is 94.6 Å². The number of epoxide rings is 2. The number of aliphatic hydroxyl groups excluding tert-OH is 4. The summed E-state index contributed by atoms with van der Waals surface area (Å²) in [5.74, 6) is -23.7. The second kappa shape index (κ2) is 32.6. The molecule has 5 aliphatic heterocycles. The fourth-order valence-corrected chi connectivity index (χ4v) is 36.7. The zero-order chi connectivity index (χ0) is 103. The predicted molar refractivity (Wildman–Crippen MR) is 484 cm³/mol. The average Bonchev–Trinajstić information content (AvgIpc) is 1.51. The van der Waals surface area contributed by atoms with Crippen LogP contribution in [0.4, 0.5) is 0 Å². The van der Waals surface area contributed by atoms with E-state index in [1.54, 1.807) is 46.8 Å². The predicted octanol–water partition coefficient (Wildman–Crippen LogP) is 5.67. The summed E-state index contributed by atoms with van der Waals surface area (Å²) in [6.07, 6.45) is -13.6. The highest BCUT2D eigenvalue weighted by Gasteiger charge is 2.90. The molecule has 780 valence electrons. The van der Waals surface area contributed by atoms with Crippen LogP contribution >= 0.6 is 11.6 Å². The van der Waals surface area contributed by atoms with Crippen molar-refractivity contribution in [2.45, 2.75) is 350 Å². The highest BCUT2D eigenvalue weighted by molar-refractivity contribution is 6.21. The fraction of sp³-hybridized carbons (Fsp3) is 0.808. The Labute approximate surface area is 823 Å². The summed E-state index contributed by atoms with van der Waals surface area (Å²) in [5, 5.41) is 108. The first-order valence-corrected chi connectivity index (χ1v) is 50.0. The minimum absolute atomic E-state index is 0. The maximum Gasteiger partial charge on any atom is 0.343 e. The second-order valence-corrected chi connectivity index (χ2v) is 48.8. The first kappa shape index (κ1) is 105. The Morgan fingerprint density at radius 1 is 0.404 bits per heavy atom. The van der Waals surface area contributed by atoms with Crippen LogP contribution in [0.25, 0.3) is 0 Å². The summed E-state index contributed by atoms with van der Waals surface area (Å²) in [7, 11) is 0. The Kier molecular flexibility index (Phi) is 24.2. The lowest BCUT2D eigenvalue weighted by atomic mass is 9.38. The molecule has 0 unspecified atom stereocenters. The second-order valence-electron chi connectivity index (χ2n) is 48.2. The highest BCUT2D eigenvalue weighted by atomic mass is 35.5. The number of esters is 11. The minimum Gasteiger partial charge on any atom is -0.462 e. The van der Waals surface area contributed by atoms with E-state index in [0.29, 0.717) is 12.0 Å². The van der Waals surface area contributed by atoms with E-state index in [4.69, 9.17) is 73.2 Å². The lowest BCUT2D eigenvalue weighted by Crippen LogP contribution is -2.79. The molecule has 15 aliphatic carbocycles. The largest absolute Gasteiger partial charge is 0.462 e. The first-order chi connectivity index (χ1) is 64.5. The van der Waals surface area contributed by atoms with Crippen LogP contribution in [0.1, 0.15) is 213 Å². The number of Topliss-reactive ketones (excluding diaryl/α,β-unsaturated/α-hetero) is 3. The summed E-state index contributed by atoms with van der Waals surface area (Å²) >= 11 is 6.60. The summed E-state index contributed by atoms with van der Waals surface area (Å²) in [6, 6.07) is 0. The maximum atomic E-state index is 14.4. The number of hydrogen-bond donors (Lipinski definition) is 9. The van der Waals surface area contributed by atoms with E-state index in [9.17, 15) is 113 Å². The van der Waals surface area contributed by atoms with Crippen molar-refractivity contribution in [3.05, 3.63) is 35.8 Å². The molecule has 0 radical (unpaired) electrons. The maximum absolute atomic E-state index is 14.4. The molecule has 0 aromatic heterocycles. The molecule has 0 amide bonds. The lowest BCUT2D eigenvalue weighted by Gasteiger charge is -2.69. The van der Waals surface area contributed by atoms with Crippen LogP contribution < -0.4 is 0 Å². The highest BCUT2D eigenvalue weighted by Crippen LogP contribution is 2.82. The van der Waals surface area contributed by atoms with Gasteiger partial charge in [0.15, 0.2) is 34.2 Å². The van der Waals surface area contributed by atoms with Gasteiger partial charge in [0.05, 0.1) is 29.1 Å². The third-order valence-electron chi connectivity index (χ3n) is 42.4. The number of alkyl halides is 1. The molecular formula is C104H141ClO36. The van der Waals surface area contributed by atoms with Gasteiger partial charge in [-0.25, -0.2) is 14.4 Å². The third-order valence-corrected chi connectivity index (χ3v) is 42.9. The quantitative estimate of drug-likeness (QED) is 0.0464. The van der Waals surface area contributed by atoms with E-state index in [1.807, 2.05) is 62.3 Å². The van der Waals surface area contributed by atoms with E-state index < -0.39 is 369 Å². The number of allylic oxidation sites excluding steroid dienone is 2. The number of carbonyl (C=O) groups is 14. The van der Waals surface area contributed by atoms with Gasteiger partial charge in [-0.05, 0) is 125 Å². The molecule has 13 saturated carbocycles. The van der Waals surface area contributed by atoms with Crippen LogP contribution in [0.5, 0.6) is 0 Å². The fourth-order valence-electron chi connectivity index (χ4n) is 36.4. The zero-order valence-corrected chi connectivity index (χ0v) is 84.6. The van der Waals surface area contributed by atoms with Gasteiger partial charge in [-0.3, -0.25) is 52.7 Å². The van der Waals surface area contributed by atoms with E-state index >= 15 is 0 Å². The topological polar surface area (TPSA) is 548 Å². The molecule has 18 fully saturated rings. The number of rotatable bonds is 8. The zero-order valence-electron chi connectivity index (χ0n) is 83.8.